The molecule has 1 aliphatic rings. The van der Waals surface area contributed by atoms with E-state index in [0.29, 0.717) is 6.54 Å². The van der Waals surface area contributed by atoms with Gasteiger partial charge in [0.15, 0.2) is 5.96 Å². The number of ether oxygens (including phenoxy) is 3. The number of rotatable bonds is 7. The van der Waals surface area contributed by atoms with Crippen LogP contribution in [-0.2, 0) is 14.9 Å². The molecule has 1 aromatic rings. The molecular formula is C20H34IN3O3. The van der Waals surface area contributed by atoms with Gasteiger partial charge in [0.1, 0.15) is 5.75 Å². The minimum Gasteiger partial charge on any atom is -0.497 e. The van der Waals surface area contributed by atoms with Gasteiger partial charge in [0.05, 0.1) is 12.7 Å². The minimum absolute atomic E-state index is 0. The average molecular weight is 491 g/mol. The molecule has 0 aromatic heterocycles. The normalized spacial score (nSPS) is 17.0. The van der Waals surface area contributed by atoms with E-state index in [0.717, 1.165) is 44.3 Å². The molecule has 1 aromatic carbocycles. The number of hydrogen-bond donors (Lipinski definition) is 2. The minimum atomic E-state index is -0.246. The molecule has 154 valence electrons. The molecule has 0 amide bonds. The van der Waals surface area contributed by atoms with Gasteiger partial charge in [0, 0.05) is 45.9 Å². The van der Waals surface area contributed by atoms with Gasteiger partial charge in [0.2, 0.25) is 0 Å². The molecule has 0 aliphatic carbocycles. The van der Waals surface area contributed by atoms with Crippen molar-refractivity contribution < 1.29 is 14.2 Å². The van der Waals surface area contributed by atoms with Crippen LogP contribution in [0.2, 0.25) is 0 Å². The Labute approximate surface area is 180 Å². The Morgan fingerprint density at radius 1 is 1.15 bits per heavy atom. The molecule has 1 aliphatic heterocycles. The zero-order valence-corrected chi connectivity index (χ0v) is 19.5. The van der Waals surface area contributed by atoms with Crippen LogP contribution in [0.15, 0.2) is 29.3 Å². The fourth-order valence-electron chi connectivity index (χ4n) is 3.12. The molecule has 1 heterocycles. The fourth-order valence-corrected chi connectivity index (χ4v) is 3.12. The standard InChI is InChI=1S/C20H33N3O3.HI/c1-19(2,25-5)14-22-18(21-3)23-15-20(10-12-26-13-11-20)16-6-8-17(24-4)9-7-16;/h6-9H,10-15H2,1-5H3,(H2,21,22,23);1H. The van der Waals surface area contributed by atoms with E-state index in [-0.39, 0.29) is 35.0 Å². The quantitative estimate of drug-likeness (QED) is 0.349. The van der Waals surface area contributed by atoms with E-state index in [1.54, 1.807) is 21.3 Å². The summed E-state index contributed by atoms with van der Waals surface area (Å²) in [6.45, 7) is 7.12. The Morgan fingerprint density at radius 3 is 2.30 bits per heavy atom. The second kappa shape index (κ2) is 11.1. The monoisotopic (exact) mass is 491 g/mol. The predicted molar refractivity (Wildman–Crippen MR) is 121 cm³/mol. The Morgan fingerprint density at radius 2 is 1.78 bits per heavy atom. The zero-order valence-electron chi connectivity index (χ0n) is 17.1. The summed E-state index contributed by atoms with van der Waals surface area (Å²) >= 11 is 0. The summed E-state index contributed by atoms with van der Waals surface area (Å²) < 4.78 is 16.4. The van der Waals surface area contributed by atoms with Crippen LogP contribution < -0.4 is 15.4 Å². The number of nitrogens with zero attached hydrogens (tertiary/aromatic N) is 1. The van der Waals surface area contributed by atoms with Gasteiger partial charge < -0.3 is 24.8 Å². The van der Waals surface area contributed by atoms with Gasteiger partial charge in [-0.3, -0.25) is 4.99 Å². The lowest BCUT2D eigenvalue weighted by Crippen LogP contribution is -2.50. The number of halogens is 1. The van der Waals surface area contributed by atoms with Crippen LogP contribution in [0.1, 0.15) is 32.3 Å². The molecule has 2 rings (SSSR count). The first-order chi connectivity index (χ1) is 12.4. The largest absolute Gasteiger partial charge is 0.497 e. The summed E-state index contributed by atoms with van der Waals surface area (Å²) in [5.41, 5.74) is 1.09. The van der Waals surface area contributed by atoms with Crippen LogP contribution in [0.5, 0.6) is 5.75 Å². The van der Waals surface area contributed by atoms with Crippen molar-refractivity contribution in [2.45, 2.75) is 37.7 Å². The highest BCUT2D eigenvalue weighted by Gasteiger charge is 2.34. The first-order valence-electron chi connectivity index (χ1n) is 9.17. The molecule has 0 radical (unpaired) electrons. The van der Waals surface area contributed by atoms with E-state index < -0.39 is 0 Å². The number of benzene rings is 1. The Bertz CT molecular complexity index is 585. The highest BCUT2D eigenvalue weighted by Crippen LogP contribution is 2.35. The molecule has 6 nitrogen and oxygen atoms in total. The Hall–Kier alpha value is -1.06. The van der Waals surface area contributed by atoms with Crippen molar-refractivity contribution >= 4 is 29.9 Å². The molecule has 0 atom stereocenters. The maximum absolute atomic E-state index is 5.62. The summed E-state index contributed by atoms with van der Waals surface area (Å²) in [6.07, 6.45) is 1.96. The summed E-state index contributed by atoms with van der Waals surface area (Å²) in [7, 11) is 5.20. The first kappa shape index (κ1) is 24.0. The van der Waals surface area contributed by atoms with Crippen LogP contribution in [0.25, 0.3) is 0 Å². The second-order valence-corrected chi connectivity index (χ2v) is 7.36. The molecule has 1 fully saturated rings. The van der Waals surface area contributed by atoms with Crippen molar-refractivity contribution in [2.24, 2.45) is 4.99 Å². The number of aliphatic imine (C=N–C) groups is 1. The van der Waals surface area contributed by atoms with Crippen LogP contribution in [0, 0.1) is 0 Å². The van der Waals surface area contributed by atoms with E-state index in [1.807, 2.05) is 26.0 Å². The van der Waals surface area contributed by atoms with E-state index in [4.69, 9.17) is 14.2 Å². The lowest BCUT2D eigenvalue weighted by atomic mass is 9.74. The molecular weight excluding hydrogens is 457 g/mol. The van der Waals surface area contributed by atoms with Gasteiger partial charge in [-0.25, -0.2) is 0 Å². The molecule has 0 saturated carbocycles. The van der Waals surface area contributed by atoms with Crippen LogP contribution in [0.3, 0.4) is 0 Å². The van der Waals surface area contributed by atoms with Crippen LogP contribution in [0.4, 0.5) is 0 Å². The maximum atomic E-state index is 5.62. The maximum Gasteiger partial charge on any atom is 0.191 e. The van der Waals surface area contributed by atoms with Crippen molar-refractivity contribution in [3.05, 3.63) is 29.8 Å². The number of nitrogens with one attached hydrogen (secondary N) is 2. The van der Waals surface area contributed by atoms with Gasteiger partial charge in [0.25, 0.3) is 0 Å². The van der Waals surface area contributed by atoms with Crippen molar-refractivity contribution in [2.75, 3.05) is 47.6 Å². The van der Waals surface area contributed by atoms with E-state index >= 15 is 0 Å². The van der Waals surface area contributed by atoms with E-state index in [2.05, 4.69) is 27.8 Å². The molecule has 0 unspecified atom stereocenters. The fraction of sp³-hybridized carbons (Fsp3) is 0.650. The Kier molecular flexibility index (Phi) is 9.83. The Balaban J connectivity index is 0.00000364. The summed E-state index contributed by atoms with van der Waals surface area (Å²) in [4.78, 5) is 4.35. The topological polar surface area (TPSA) is 64.1 Å². The lowest BCUT2D eigenvalue weighted by Gasteiger charge is -2.38. The molecule has 7 heteroatoms. The van der Waals surface area contributed by atoms with Gasteiger partial charge in [-0.05, 0) is 44.4 Å². The second-order valence-electron chi connectivity index (χ2n) is 7.36. The van der Waals surface area contributed by atoms with Crippen LogP contribution >= 0.6 is 24.0 Å². The van der Waals surface area contributed by atoms with Gasteiger partial charge in [-0.2, -0.15) is 0 Å². The summed E-state index contributed by atoms with van der Waals surface area (Å²) in [5, 5.41) is 6.85. The summed E-state index contributed by atoms with van der Waals surface area (Å²) in [6, 6.07) is 8.38. The highest BCUT2D eigenvalue weighted by molar-refractivity contribution is 14.0. The van der Waals surface area contributed by atoms with E-state index in [9.17, 15) is 0 Å². The summed E-state index contributed by atoms with van der Waals surface area (Å²) in [5.74, 6) is 1.66. The van der Waals surface area contributed by atoms with Gasteiger partial charge in [-0.15, -0.1) is 24.0 Å². The number of methoxy groups -OCH3 is 2. The first-order valence-corrected chi connectivity index (χ1v) is 9.17. The lowest BCUT2D eigenvalue weighted by molar-refractivity contribution is 0.0267. The van der Waals surface area contributed by atoms with Gasteiger partial charge in [-0.1, -0.05) is 12.1 Å². The smallest absolute Gasteiger partial charge is 0.191 e. The predicted octanol–water partition coefficient (Wildman–Crippen LogP) is 2.95. The third-order valence-corrected chi connectivity index (χ3v) is 5.20. The number of guanidine groups is 1. The molecule has 2 N–H and O–H groups in total. The molecule has 0 spiro atoms. The van der Waals surface area contributed by atoms with Crippen molar-refractivity contribution in [1.29, 1.82) is 0 Å². The van der Waals surface area contributed by atoms with Crippen LogP contribution in [-0.4, -0.2) is 59.1 Å². The SMILES string of the molecule is CN=C(NCC(C)(C)OC)NCC1(c2ccc(OC)cc2)CCOCC1.I. The van der Waals surface area contributed by atoms with Crippen molar-refractivity contribution in [1.82, 2.24) is 10.6 Å². The number of hydrogen-bond acceptors (Lipinski definition) is 4. The van der Waals surface area contributed by atoms with Crippen molar-refractivity contribution in [3.8, 4) is 5.75 Å². The molecule has 0 bridgehead atoms. The van der Waals surface area contributed by atoms with E-state index in [1.165, 1.54) is 5.56 Å². The van der Waals surface area contributed by atoms with Crippen molar-refractivity contribution in [3.63, 3.8) is 0 Å². The third-order valence-electron chi connectivity index (χ3n) is 5.20. The zero-order chi connectivity index (χ0) is 19.0. The molecule has 27 heavy (non-hydrogen) atoms. The highest BCUT2D eigenvalue weighted by atomic mass is 127. The third kappa shape index (κ3) is 6.80. The molecule has 1 saturated heterocycles. The van der Waals surface area contributed by atoms with Gasteiger partial charge >= 0.3 is 0 Å². The average Bonchev–Trinajstić information content (AvgIpc) is 2.69.